The first-order valence-electron chi connectivity index (χ1n) is 11.9. The number of carbonyl (C=O) groups is 3. The average molecular weight is 464 g/mol. The van der Waals surface area contributed by atoms with E-state index in [2.05, 4.69) is 0 Å². The van der Waals surface area contributed by atoms with Crippen molar-refractivity contribution in [2.45, 2.75) is 56.4 Å². The van der Waals surface area contributed by atoms with Crippen molar-refractivity contribution in [3.63, 3.8) is 0 Å². The Bertz CT molecular complexity index is 1070. The van der Waals surface area contributed by atoms with Crippen molar-refractivity contribution in [2.24, 2.45) is 0 Å². The van der Waals surface area contributed by atoms with Crippen LogP contribution in [0.5, 0.6) is 0 Å². The van der Waals surface area contributed by atoms with Crippen LogP contribution in [0, 0.1) is 5.82 Å². The number of hydrogen-bond acceptors (Lipinski definition) is 4. The van der Waals surface area contributed by atoms with E-state index in [0.29, 0.717) is 31.4 Å². The Balaban J connectivity index is 1.43. The molecule has 2 aliphatic rings. The third-order valence-corrected chi connectivity index (χ3v) is 7.19. The van der Waals surface area contributed by atoms with E-state index in [1.54, 1.807) is 30.3 Å². The standard InChI is InChI=1S/C28H30FNO4/c1-34-27(33)21-6-4-20(5-7-21)16-19-30-24(13-15-26(30)32)12-14-25(31)28(17-2-3-18-28)22-8-10-23(29)11-9-22/h4-12,14,24H,2-3,13,15-19H2,1H3. The first-order chi connectivity index (χ1) is 16.4. The Morgan fingerprint density at radius 3 is 2.41 bits per heavy atom. The van der Waals surface area contributed by atoms with E-state index in [9.17, 15) is 18.8 Å². The second kappa shape index (κ2) is 10.3. The summed E-state index contributed by atoms with van der Waals surface area (Å²) in [6, 6.07) is 13.4. The highest BCUT2D eigenvalue weighted by Crippen LogP contribution is 2.42. The molecule has 0 N–H and O–H groups in total. The number of methoxy groups -OCH3 is 1. The molecule has 1 amide bonds. The van der Waals surface area contributed by atoms with Gasteiger partial charge in [0, 0.05) is 13.0 Å². The first-order valence-corrected chi connectivity index (χ1v) is 11.9. The number of allylic oxidation sites excluding steroid dienone is 1. The highest BCUT2D eigenvalue weighted by Gasteiger charge is 2.41. The molecule has 2 fully saturated rings. The van der Waals surface area contributed by atoms with Gasteiger partial charge in [0.15, 0.2) is 5.78 Å². The van der Waals surface area contributed by atoms with Crippen molar-refractivity contribution >= 4 is 17.7 Å². The lowest BCUT2D eigenvalue weighted by Crippen LogP contribution is -2.35. The van der Waals surface area contributed by atoms with Crippen LogP contribution < -0.4 is 0 Å². The Morgan fingerprint density at radius 2 is 1.76 bits per heavy atom. The summed E-state index contributed by atoms with van der Waals surface area (Å²) in [7, 11) is 1.35. The highest BCUT2D eigenvalue weighted by atomic mass is 19.1. The fourth-order valence-electron chi connectivity index (χ4n) is 5.20. The SMILES string of the molecule is COC(=O)c1ccc(CCN2C(=O)CCC2C=CC(=O)C2(c3ccc(F)cc3)CCCC2)cc1. The van der Waals surface area contributed by atoms with Crippen LogP contribution in [0.3, 0.4) is 0 Å². The first kappa shape index (κ1) is 23.9. The molecule has 1 heterocycles. The number of halogens is 1. The van der Waals surface area contributed by atoms with Crippen LogP contribution in [0.25, 0.3) is 0 Å². The molecule has 1 unspecified atom stereocenters. The summed E-state index contributed by atoms with van der Waals surface area (Å²) in [5.41, 5.74) is 1.78. The molecule has 2 aromatic carbocycles. The second-order valence-electron chi connectivity index (χ2n) is 9.15. The Labute approximate surface area is 199 Å². The van der Waals surface area contributed by atoms with Gasteiger partial charge < -0.3 is 9.64 Å². The Kier molecular flexibility index (Phi) is 7.25. The fraction of sp³-hybridized carbons (Fsp3) is 0.393. The predicted molar refractivity (Wildman–Crippen MR) is 127 cm³/mol. The van der Waals surface area contributed by atoms with Crippen molar-refractivity contribution in [3.8, 4) is 0 Å². The molecular formula is C28H30FNO4. The molecular weight excluding hydrogens is 433 g/mol. The van der Waals surface area contributed by atoms with Crippen LogP contribution >= 0.6 is 0 Å². The predicted octanol–water partition coefficient (Wildman–Crippen LogP) is 4.78. The zero-order valence-electron chi connectivity index (χ0n) is 19.5. The van der Waals surface area contributed by atoms with Crippen LogP contribution in [0.2, 0.25) is 0 Å². The minimum absolute atomic E-state index is 0.0364. The molecule has 178 valence electrons. The van der Waals surface area contributed by atoms with E-state index in [1.807, 2.05) is 23.1 Å². The molecule has 0 radical (unpaired) electrons. The Morgan fingerprint density at radius 1 is 1.09 bits per heavy atom. The maximum absolute atomic E-state index is 13.4. The van der Waals surface area contributed by atoms with Crippen molar-refractivity contribution < 1.29 is 23.5 Å². The van der Waals surface area contributed by atoms with E-state index in [0.717, 1.165) is 36.8 Å². The summed E-state index contributed by atoms with van der Waals surface area (Å²) in [6.45, 7) is 0.544. The number of esters is 1. The number of carbonyl (C=O) groups excluding carboxylic acids is 3. The van der Waals surface area contributed by atoms with Crippen molar-refractivity contribution in [1.82, 2.24) is 4.90 Å². The van der Waals surface area contributed by atoms with Crippen LogP contribution in [0.1, 0.15) is 60.0 Å². The topological polar surface area (TPSA) is 63.7 Å². The van der Waals surface area contributed by atoms with Crippen molar-refractivity contribution in [1.29, 1.82) is 0 Å². The summed E-state index contributed by atoms with van der Waals surface area (Å²) in [6.07, 6.45) is 8.80. The second-order valence-corrected chi connectivity index (χ2v) is 9.15. The number of hydrogen-bond donors (Lipinski definition) is 0. The van der Waals surface area contributed by atoms with Gasteiger partial charge in [-0.1, -0.05) is 43.2 Å². The average Bonchev–Trinajstić information content (AvgIpc) is 3.49. The maximum Gasteiger partial charge on any atom is 0.337 e. The minimum atomic E-state index is -0.598. The molecule has 0 aromatic heterocycles. The number of likely N-dealkylation sites (tertiary alicyclic amines) is 1. The van der Waals surface area contributed by atoms with Crippen molar-refractivity contribution in [2.75, 3.05) is 13.7 Å². The molecule has 1 aliphatic heterocycles. The van der Waals surface area contributed by atoms with Gasteiger partial charge in [0.25, 0.3) is 0 Å². The summed E-state index contributed by atoms with van der Waals surface area (Å²) < 4.78 is 18.2. The molecule has 4 rings (SSSR count). The number of benzene rings is 2. The normalized spacial score (nSPS) is 19.6. The third-order valence-electron chi connectivity index (χ3n) is 7.19. The van der Waals surface area contributed by atoms with Gasteiger partial charge in [0.2, 0.25) is 5.91 Å². The monoisotopic (exact) mass is 463 g/mol. The van der Waals surface area contributed by atoms with Crippen LogP contribution in [0.15, 0.2) is 60.7 Å². The molecule has 2 aromatic rings. The van der Waals surface area contributed by atoms with Gasteiger partial charge in [-0.15, -0.1) is 0 Å². The van der Waals surface area contributed by atoms with Crippen LogP contribution in [-0.2, 0) is 26.2 Å². The van der Waals surface area contributed by atoms with Gasteiger partial charge in [0.1, 0.15) is 5.82 Å². The van der Waals surface area contributed by atoms with E-state index < -0.39 is 5.41 Å². The molecule has 1 aliphatic carbocycles. The minimum Gasteiger partial charge on any atom is -0.465 e. The van der Waals surface area contributed by atoms with Crippen LogP contribution in [-0.4, -0.2) is 42.3 Å². The maximum atomic E-state index is 13.4. The zero-order valence-corrected chi connectivity index (χ0v) is 19.5. The van der Waals surface area contributed by atoms with E-state index >= 15 is 0 Å². The summed E-state index contributed by atoms with van der Waals surface area (Å²) in [5.74, 6) is -0.562. The summed E-state index contributed by atoms with van der Waals surface area (Å²) in [5, 5.41) is 0. The van der Waals surface area contributed by atoms with Gasteiger partial charge in [-0.3, -0.25) is 9.59 Å². The molecule has 6 heteroatoms. The molecule has 34 heavy (non-hydrogen) atoms. The largest absolute Gasteiger partial charge is 0.465 e. The van der Waals surface area contributed by atoms with E-state index in [4.69, 9.17) is 4.74 Å². The molecule has 1 atom stereocenters. The van der Waals surface area contributed by atoms with Crippen LogP contribution in [0.4, 0.5) is 4.39 Å². The van der Waals surface area contributed by atoms with E-state index in [-0.39, 0.29) is 29.5 Å². The van der Waals surface area contributed by atoms with Gasteiger partial charge in [0.05, 0.1) is 24.1 Å². The third kappa shape index (κ3) is 4.96. The van der Waals surface area contributed by atoms with Gasteiger partial charge in [-0.2, -0.15) is 0 Å². The summed E-state index contributed by atoms with van der Waals surface area (Å²) >= 11 is 0. The lowest BCUT2D eigenvalue weighted by molar-refractivity contribution is -0.128. The fourth-order valence-corrected chi connectivity index (χ4v) is 5.20. The smallest absolute Gasteiger partial charge is 0.337 e. The van der Waals surface area contributed by atoms with Crippen molar-refractivity contribution in [3.05, 3.63) is 83.2 Å². The lowest BCUT2D eigenvalue weighted by Gasteiger charge is -2.27. The van der Waals surface area contributed by atoms with Gasteiger partial charge >= 0.3 is 5.97 Å². The lowest BCUT2D eigenvalue weighted by atomic mass is 9.75. The zero-order chi connectivity index (χ0) is 24.1. The van der Waals surface area contributed by atoms with E-state index in [1.165, 1.54) is 19.2 Å². The molecule has 0 spiro atoms. The molecule has 5 nitrogen and oxygen atoms in total. The molecule has 1 saturated heterocycles. The quantitative estimate of drug-likeness (QED) is 0.417. The molecule has 0 bridgehead atoms. The summed E-state index contributed by atoms with van der Waals surface area (Å²) in [4.78, 5) is 39.3. The highest BCUT2D eigenvalue weighted by molar-refractivity contribution is 5.99. The number of nitrogens with zero attached hydrogens (tertiary/aromatic N) is 1. The Hall–Kier alpha value is -3.28. The number of amides is 1. The number of ketones is 1. The molecule has 1 saturated carbocycles. The van der Waals surface area contributed by atoms with Gasteiger partial charge in [-0.05, 0) is 67.2 Å². The number of rotatable bonds is 8. The van der Waals surface area contributed by atoms with Gasteiger partial charge in [-0.25, -0.2) is 9.18 Å². The number of ether oxygens (including phenoxy) is 1.